The molecule has 142 valence electrons. The number of carbonyl (C=O) groups excluding carboxylic acids is 1. The van der Waals surface area contributed by atoms with Gasteiger partial charge in [-0.15, -0.1) is 0 Å². The van der Waals surface area contributed by atoms with Crippen LogP contribution in [0.5, 0.6) is 0 Å². The van der Waals surface area contributed by atoms with Crippen molar-refractivity contribution in [1.29, 1.82) is 0 Å². The molecule has 0 aliphatic rings. The third-order valence-electron chi connectivity index (χ3n) is 3.91. The summed E-state index contributed by atoms with van der Waals surface area (Å²) in [5.74, 6) is -0.229. The minimum absolute atomic E-state index is 0.0593. The summed E-state index contributed by atoms with van der Waals surface area (Å²) >= 11 is 0. The van der Waals surface area contributed by atoms with Crippen molar-refractivity contribution in [3.05, 3.63) is 29.3 Å². The number of benzene rings is 1. The number of carbonyl (C=O) groups is 1. The molecule has 3 N–H and O–H groups in total. The van der Waals surface area contributed by atoms with Gasteiger partial charge in [-0.3, -0.25) is 4.79 Å². The zero-order valence-electron chi connectivity index (χ0n) is 15.6. The van der Waals surface area contributed by atoms with Crippen LogP contribution < -0.4 is 10.5 Å². The summed E-state index contributed by atoms with van der Waals surface area (Å²) in [4.78, 5) is 14.4. The van der Waals surface area contributed by atoms with Crippen molar-refractivity contribution >= 4 is 15.9 Å². The first-order valence-electron chi connectivity index (χ1n) is 8.09. The summed E-state index contributed by atoms with van der Waals surface area (Å²) in [5.41, 5.74) is 6.59. The molecule has 7 nitrogen and oxygen atoms in total. The number of hydrogen-bond acceptors (Lipinski definition) is 5. The predicted octanol–water partition coefficient (Wildman–Crippen LogP) is 0.977. The van der Waals surface area contributed by atoms with Crippen LogP contribution in [0.3, 0.4) is 0 Å². The summed E-state index contributed by atoms with van der Waals surface area (Å²) in [6.07, 6.45) is 0. The highest BCUT2D eigenvalue weighted by Crippen LogP contribution is 2.20. The van der Waals surface area contributed by atoms with Gasteiger partial charge in [0, 0.05) is 32.8 Å². The molecule has 0 radical (unpaired) electrons. The van der Waals surface area contributed by atoms with E-state index in [1.165, 1.54) is 19.2 Å². The summed E-state index contributed by atoms with van der Waals surface area (Å²) in [5, 5.41) is 0. The topological polar surface area (TPSA) is 102 Å². The number of aryl methyl sites for hydroxylation is 1. The van der Waals surface area contributed by atoms with Gasteiger partial charge in [0.15, 0.2) is 0 Å². The van der Waals surface area contributed by atoms with Crippen molar-refractivity contribution in [3.63, 3.8) is 0 Å². The van der Waals surface area contributed by atoms with Crippen molar-refractivity contribution in [2.24, 2.45) is 11.1 Å². The molecule has 0 fully saturated rings. The lowest BCUT2D eigenvalue weighted by atomic mass is 9.93. The van der Waals surface area contributed by atoms with Crippen molar-refractivity contribution in [2.75, 3.05) is 40.4 Å². The lowest BCUT2D eigenvalue weighted by Crippen LogP contribution is -2.40. The zero-order valence-corrected chi connectivity index (χ0v) is 16.4. The van der Waals surface area contributed by atoms with E-state index in [9.17, 15) is 13.2 Å². The number of nitrogens with one attached hydrogen (secondary N) is 1. The van der Waals surface area contributed by atoms with Gasteiger partial charge in [-0.1, -0.05) is 19.9 Å². The number of amides is 1. The van der Waals surface area contributed by atoms with Crippen molar-refractivity contribution in [3.8, 4) is 0 Å². The Bertz CT molecular complexity index is 702. The van der Waals surface area contributed by atoms with Crippen LogP contribution in [-0.2, 0) is 14.8 Å². The Labute approximate surface area is 150 Å². The molecule has 0 saturated carbocycles. The Hall–Kier alpha value is -1.48. The minimum Gasteiger partial charge on any atom is -0.383 e. The van der Waals surface area contributed by atoms with Gasteiger partial charge in [-0.25, -0.2) is 13.1 Å². The Balaban J connectivity index is 3.07. The Morgan fingerprint density at radius 3 is 2.56 bits per heavy atom. The first kappa shape index (κ1) is 21.6. The van der Waals surface area contributed by atoms with Gasteiger partial charge in [0.25, 0.3) is 5.91 Å². The lowest BCUT2D eigenvalue weighted by Gasteiger charge is -2.29. The number of nitrogens with two attached hydrogens (primary N) is 1. The Morgan fingerprint density at radius 2 is 2.00 bits per heavy atom. The molecular formula is C17H29N3O4S. The molecule has 0 aliphatic carbocycles. The average molecular weight is 372 g/mol. The molecule has 0 saturated heterocycles. The van der Waals surface area contributed by atoms with Gasteiger partial charge >= 0.3 is 0 Å². The SMILES string of the molecule is COCCNS(=O)(=O)c1ccc(C)c(C(=O)N(C)CC(C)(C)CN)c1. The number of methoxy groups -OCH3 is 1. The van der Waals surface area contributed by atoms with Crippen molar-refractivity contribution < 1.29 is 17.9 Å². The van der Waals surface area contributed by atoms with Gasteiger partial charge < -0.3 is 15.4 Å². The smallest absolute Gasteiger partial charge is 0.253 e. The summed E-state index contributed by atoms with van der Waals surface area (Å²) < 4.78 is 31.9. The fourth-order valence-corrected chi connectivity index (χ4v) is 3.38. The second kappa shape index (κ2) is 8.75. The molecule has 1 rings (SSSR count). The van der Waals surface area contributed by atoms with Crippen LogP contribution in [0.1, 0.15) is 29.8 Å². The maximum absolute atomic E-state index is 12.7. The van der Waals surface area contributed by atoms with E-state index in [4.69, 9.17) is 10.5 Å². The van der Waals surface area contributed by atoms with E-state index in [1.807, 2.05) is 13.8 Å². The number of nitrogens with zero attached hydrogens (tertiary/aromatic N) is 1. The largest absolute Gasteiger partial charge is 0.383 e. The Kier molecular flexibility index (Phi) is 7.55. The van der Waals surface area contributed by atoms with Crippen LogP contribution in [0.25, 0.3) is 0 Å². The van der Waals surface area contributed by atoms with Crippen LogP contribution in [0, 0.1) is 12.3 Å². The standard InChI is InChI=1S/C17H29N3O4S/c1-13-6-7-14(25(22,23)19-8-9-24-5)10-15(13)16(21)20(4)12-17(2,3)11-18/h6-7,10,19H,8-9,11-12,18H2,1-5H3. The van der Waals surface area contributed by atoms with E-state index in [2.05, 4.69) is 4.72 Å². The van der Waals surface area contributed by atoms with Gasteiger partial charge in [0.1, 0.15) is 0 Å². The number of ether oxygens (including phenoxy) is 1. The van der Waals surface area contributed by atoms with E-state index in [0.29, 0.717) is 18.7 Å². The maximum Gasteiger partial charge on any atom is 0.253 e. The van der Waals surface area contributed by atoms with E-state index < -0.39 is 10.0 Å². The molecule has 0 spiro atoms. The van der Waals surface area contributed by atoms with E-state index in [0.717, 1.165) is 5.56 Å². The molecule has 1 aromatic carbocycles. The second-order valence-corrected chi connectivity index (χ2v) is 8.66. The molecule has 0 aromatic heterocycles. The molecule has 8 heteroatoms. The maximum atomic E-state index is 12.7. The molecule has 0 atom stereocenters. The number of sulfonamides is 1. The monoisotopic (exact) mass is 371 g/mol. The predicted molar refractivity (Wildman–Crippen MR) is 98.0 cm³/mol. The first-order valence-corrected chi connectivity index (χ1v) is 9.57. The minimum atomic E-state index is -3.69. The second-order valence-electron chi connectivity index (χ2n) is 6.90. The summed E-state index contributed by atoms with van der Waals surface area (Å²) in [6.45, 7) is 7.10. The number of hydrogen-bond donors (Lipinski definition) is 2. The normalized spacial score (nSPS) is 12.2. The van der Waals surface area contributed by atoms with Crippen LogP contribution in [0.4, 0.5) is 0 Å². The van der Waals surface area contributed by atoms with Crippen LogP contribution >= 0.6 is 0 Å². The van der Waals surface area contributed by atoms with Gasteiger partial charge in [0.05, 0.1) is 11.5 Å². The third-order valence-corrected chi connectivity index (χ3v) is 5.37. The molecule has 0 unspecified atom stereocenters. The molecule has 0 heterocycles. The molecule has 1 amide bonds. The third kappa shape index (κ3) is 6.07. The Morgan fingerprint density at radius 1 is 1.36 bits per heavy atom. The molecule has 25 heavy (non-hydrogen) atoms. The zero-order chi connectivity index (χ0) is 19.3. The lowest BCUT2D eigenvalue weighted by molar-refractivity contribution is 0.0739. The van der Waals surface area contributed by atoms with Gasteiger partial charge in [-0.05, 0) is 36.6 Å². The van der Waals surface area contributed by atoms with Crippen molar-refractivity contribution in [1.82, 2.24) is 9.62 Å². The van der Waals surface area contributed by atoms with Crippen LogP contribution in [0.2, 0.25) is 0 Å². The fourth-order valence-electron chi connectivity index (χ4n) is 2.34. The van der Waals surface area contributed by atoms with Gasteiger partial charge in [-0.2, -0.15) is 0 Å². The molecular weight excluding hydrogens is 342 g/mol. The quantitative estimate of drug-likeness (QED) is 0.630. The van der Waals surface area contributed by atoms with Crippen molar-refractivity contribution in [2.45, 2.75) is 25.7 Å². The van der Waals surface area contributed by atoms with Crippen LogP contribution in [0.15, 0.2) is 23.1 Å². The fraction of sp³-hybridized carbons (Fsp3) is 0.588. The molecule has 0 bridgehead atoms. The first-order chi connectivity index (χ1) is 11.5. The highest BCUT2D eigenvalue weighted by Gasteiger charge is 2.24. The summed E-state index contributed by atoms with van der Waals surface area (Å²) in [7, 11) is -0.504. The van der Waals surface area contributed by atoms with E-state index >= 15 is 0 Å². The van der Waals surface area contributed by atoms with E-state index in [1.54, 1.807) is 24.9 Å². The van der Waals surface area contributed by atoms with E-state index in [-0.39, 0.29) is 29.4 Å². The highest BCUT2D eigenvalue weighted by molar-refractivity contribution is 7.89. The molecule has 0 aliphatic heterocycles. The highest BCUT2D eigenvalue weighted by atomic mass is 32.2. The average Bonchev–Trinajstić information content (AvgIpc) is 2.54. The number of rotatable bonds is 9. The molecule has 1 aromatic rings. The van der Waals surface area contributed by atoms with Crippen LogP contribution in [-0.4, -0.2) is 59.6 Å². The summed E-state index contributed by atoms with van der Waals surface area (Å²) in [6, 6.07) is 4.55. The van der Waals surface area contributed by atoms with Gasteiger partial charge in [0.2, 0.25) is 10.0 Å².